The van der Waals surface area contributed by atoms with Gasteiger partial charge in [0.15, 0.2) is 0 Å². The summed E-state index contributed by atoms with van der Waals surface area (Å²) in [4.78, 5) is 28.3. The molecule has 0 amide bonds. The van der Waals surface area contributed by atoms with E-state index in [9.17, 15) is 4.21 Å². The van der Waals surface area contributed by atoms with E-state index in [2.05, 4.69) is 39.9 Å². The first-order valence-corrected chi connectivity index (χ1v) is 16.3. The number of benzene rings is 4. The molecular weight excluding hydrogens is 680 g/mol. The first kappa shape index (κ1) is 37.5. The van der Waals surface area contributed by atoms with Crippen LogP contribution in [-0.2, 0) is 38.3 Å². The molecule has 8 aromatic rings. The second-order valence-corrected chi connectivity index (χ2v) is 11.1. The molecule has 4 aromatic carbocycles. The number of rotatable bonds is 0. The molecule has 46 heavy (non-hydrogen) atoms. The summed E-state index contributed by atoms with van der Waals surface area (Å²) >= 11 is 0. The number of fused-ring (bicyclic) bond motifs is 4. The minimum absolute atomic E-state index is 0. The van der Waals surface area contributed by atoms with E-state index in [1.54, 1.807) is 37.8 Å². The van der Waals surface area contributed by atoms with E-state index in [4.69, 9.17) is 17.5 Å². The predicted octanol–water partition coefficient (Wildman–Crippen LogP) is 4.91. The van der Waals surface area contributed by atoms with Crippen LogP contribution in [0.15, 0.2) is 122 Å². The molecule has 8 rings (SSSR count). The third-order valence-electron chi connectivity index (χ3n) is 5.31. The fourth-order valence-electron chi connectivity index (χ4n) is 3.52. The number of nitrogens with zero attached hydrogens (tertiary/aromatic N) is 4. The molecule has 0 atom stereocenters. The van der Waals surface area contributed by atoms with E-state index in [0.717, 1.165) is 44.1 Å². The third-order valence-corrected chi connectivity index (χ3v) is 5.31. The Kier molecular flexibility index (Phi) is 16.0. The van der Waals surface area contributed by atoms with Crippen molar-refractivity contribution < 1.29 is 38.8 Å². The maximum absolute atomic E-state index is 9.56. The first-order chi connectivity index (χ1) is 21.6. The summed E-state index contributed by atoms with van der Waals surface area (Å²) in [6, 6.07) is 31.8. The zero-order chi connectivity index (χ0) is 32.5. The van der Waals surface area contributed by atoms with E-state index < -0.39 is 21.2 Å². The fourth-order valence-corrected chi connectivity index (χ4v) is 3.52. The zero-order valence-corrected chi connectivity index (χ0v) is 27.1. The van der Waals surface area contributed by atoms with Crippen LogP contribution in [0.25, 0.3) is 44.1 Å². The van der Waals surface area contributed by atoms with Crippen LogP contribution in [0, 0.1) is 0 Å². The molecule has 16 heteroatoms. The van der Waals surface area contributed by atoms with Gasteiger partial charge in [-0.1, -0.05) is 48.5 Å². The van der Waals surface area contributed by atoms with Crippen LogP contribution in [0.2, 0.25) is 0 Å². The molecule has 0 saturated heterocycles. The molecule has 4 heterocycles. The second-order valence-electron chi connectivity index (χ2n) is 8.83. The molecule has 0 bridgehead atoms. The van der Waals surface area contributed by atoms with Crippen LogP contribution in [0.5, 0.6) is 0 Å². The number of H-pyrrole nitrogens is 4. The van der Waals surface area contributed by atoms with E-state index in [1.165, 1.54) is 0 Å². The van der Waals surface area contributed by atoms with Gasteiger partial charge in [-0.2, -0.15) is 0 Å². The average Bonchev–Trinajstić information content (AvgIpc) is 3.83. The fraction of sp³-hybridized carbons (Fsp3) is 0.0667. The maximum Gasteiger partial charge on any atom is 2.00 e. The van der Waals surface area contributed by atoms with Crippen molar-refractivity contribution in [3.8, 4) is 0 Å². The van der Waals surface area contributed by atoms with Crippen molar-refractivity contribution in [3.05, 3.63) is 122 Å². The Balaban J connectivity index is 0.000000196. The van der Waals surface area contributed by atoms with Crippen LogP contribution in [0.4, 0.5) is 0 Å². The predicted molar refractivity (Wildman–Crippen MR) is 175 cm³/mol. The Morgan fingerprint density at radius 3 is 0.848 bits per heavy atom. The van der Waals surface area contributed by atoms with Crippen LogP contribution in [0.3, 0.4) is 0 Å². The van der Waals surface area contributed by atoms with Gasteiger partial charge in [0, 0.05) is 33.7 Å². The van der Waals surface area contributed by atoms with Gasteiger partial charge in [-0.05, 0) is 48.5 Å². The Bertz CT molecular complexity index is 1750. The quantitative estimate of drug-likeness (QED) is 0.0956. The molecular formula is C30H30CuN8O5S2. The Hall–Kier alpha value is -4.70. The molecule has 243 valence electrons. The van der Waals surface area contributed by atoms with Gasteiger partial charge in [0.05, 0.1) is 69.4 Å². The summed E-state index contributed by atoms with van der Waals surface area (Å²) < 4.78 is 43.6. The summed E-state index contributed by atoms with van der Waals surface area (Å²) in [5.74, 6) is 0. The maximum atomic E-state index is 9.56. The molecule has 0 unspecified atom stereocenters. The Labute approximate surface area is 277 Å². The van der Waals surface area contributed by atoms with Crippen molar-refractivity contribution in [1.82, 2.24) is 39.9 Å². The Morgan fingerprint density at radius 2 is 0.674 bits per heavy atom. The van der Waals surface area contributed by atoms with Gasteiger partial charge >= 0.3 is 17.1 Å². The number of hydrogen-bond donors (Lipinski definition) is 4. The Morgan fingerprint density at radius 1 is 0.500 bits per heavy atom. The smallest absolute Gasteiger partial charge is 0.759 e. The van der Waals surface area contributed by atoms with Gasteiger partial charge < -0.3 is 29.0 Å². The number of nitrogens with one attached hydrogen (secondary N) is 4. The third kappa shape index (κ3) is 14.4. The van der Waals surface area contributed by atoms with Gasteiger partial charge in [-0.3, -0.25) is 12.6 Å². The summed E-state index contributed by atoms with van der Waals surface area (Å²) in [6.45, 7) is 0. The molecule has 4 aromatic heterocycles. The van der Waals surface area contributed by atoms with Crippen LogP contribution in [0.1, 0.15) is 0 Å². The summed E-state index contributed by atoms with van der Waals surface area (Å²) in [6.07, 6.45) is 10.1. The van der Waals surface area contributed by atoms with Crippen molar-refractivity contribution in [3.63, 3.8) is 0 Å². The van der Waals surface area contributed by atoms with Crippen molar-refractivity contribution in [2.24, 2.45) is 0 Å². The topological polar surface area (TPSA) is 212 Å². The normalized spacial score (nSPS) is 10.0. The molecule has 4 N–H and O–H groups in total. The van der Waals surface area contributed by atoms with Gasteiger partial charge in [0.1, 0.15) is 0 Å². The van der Waals surface area contributed by atoms with E-state index in [1.807, 2.05) is 97.1 Å². The summed E-state index contributed by atoms with van der Waals surface area (Å²) in [7, 11) is -5.78. The average molecular weight is 710 g/mol. The van der Waals surface area contributed by atoms with Gasteiger partial charge in [0.25, 0.3) is 0 Å². The van der Waals surface area contributed by atoms with Crippen LogP contribution >= 0.6 is 0 Å². The van der Waals surface area contributed by atoms with E-state index >= 15 is 0 Å². The molecule has 0 aliphatic heterocycles. The van der Waals surface area contributed by atoms with Gasteiger partial charge in [0.2, 0.25) is 0 Å². The SMILES string of the molecule is CS(C)=O.O=S(=O)([O-])[O-].[Cu+2].c1ccc2[nH]cnc2c1.c1ccc2[nH]cnc2c1.c1ccc2[nH]cnc2c1.c1ccc2[nH]cnc2c1. The molecule has 13 nitrogen and oxygen atoms in total. The molecule has 0 aliphatic carbocycles. The largest absolute Gasteiger partial charge is 2.00 e. The minimum Gasteiger partial charge on any atom is -0.759 e. The number of aromatic nitrogens is 8. The number of imidazole rings is 4. The first-order valence-electron chi connectivity index (χ1n) is 13.0. The van der Waals surface area contributed by atoms with Gasteiger partial charge in [-0.25, -0.2) is 19.9 Å². The zero-order valence-electron chi connectivity index (χ0n) is 24.5. The number of aromatic amines is 4. The summed E-state index contributed by atoms with van der Waals surface area (Å²) in [5, 5.41) is 0. The molecule has 0 aliphatic rings. The van der Waals surface area contributed by atoms with Crippen LogP contribution < -0.4 is 0 Å². The monoisotopic (exact) mass is 709 g/mol. The molecule has 1 radical (unpaired) electrons. The number of para-hydroxylation sites is 8. The molecule has 0 saturated carbocycles. The molecule has 0 fully saturated rings. The van der Waals surface area contributed by atoms with Crippen molar-refractivity contribution in [1.29, 1.82) is 0 Å². The second kappa shape index (κ2) is 19.6. The van der Waals surface area contributed by atoms with E-state index in [-0.39, 0.29) is 17.1 Å². The van der Waals surface area contributed by atoms with Crippen molar-refractivity contribution >= 4 is 65.3 Å². The minimum atomic E-state index is -5.17. The van der Waals surface area contributed by atoms with Crippen molar-refractivity contribution in [2.45, 2.75) is 0 Å². The van der Waals surface area contributed by atoms with Gasteiger partial charge in [-0.15, -0.1) is 0 Å². The number of hydrogen-bond acceptors (Lipinski definition) is 9. The summed E-state index contributed by atoms with van der Waals surface area (Å²) in [5.41, 5.74) is 8.48. The van der Waals surface area contributed by atoms with Crippen molar-refractivity contribution in [2.75, 3.05) is 12.5 Å². The standard InChI is InChI=1S/4C7H6N2.C2H6OS.Cu.H2O4S/c4*1-2-4-7-6(3-1)8-5-9-7;1-4(2)3;;1-5(2,3)4/h4*1-5H,(H,8,9);1-2H3;;(H2,1,2,3,4)/q;;;;;+2;/p-2. The van der Waals surface area contributed by atoms with Crippen LogP contribution in [-0.4, -0.2) is 74.1 Å². The van der Waals surface area contributed by atoms with E-state index in [0.29, 0.717) is 0 Å². The molecule has 0 spiro atoms.